The van der Waals surface area contributed by atoms with Crippen molar-refractivity contribution in [3.63, 3.8) is 0 Å². The summed E-state index contributed by atoms with van der Waals surface area (Å²) in [7, 11) is -1.94. The van der Waals surface area contributed by atoms with Crippen molar-refractivity contribution in [2.45, 2.75) is 50.4 Å². The monoisotopic (exact) mass is 263 g/mol. The van der Waals surface area contributed by atoms with Gasteiger partial charge in [-0.05, 0) is 12.8 Å². The van der Waals surface area contributed by atoms with Gasteiger partial charge < -0.3 is 4.74 Å². The lowest BCUT2D eigenvalue weighted by Gasteiger charge is -2.35. The molecule has 1 aliphatic heterocycles. The minimum atomic E-state index is -3.21. The second kappa shape index (κ2) is 5.82. The molecule has 6 heteroatoms. The van der Waals surface area contributed by atoms with Gasteiger partial charge >= 0.3 is 5.97 Å². The Hall–Kier alpha value is -0.620. The minimum absolute atomic E-state index is 0.146. The van der Waals surface area contributed by atoms with E-state index < -0.39 is 21.8 Å². The van der Waals surface area contributed by atoms with Crippen LogP contribution in [0.3, 0.4) is 0 Å². The van der Waals surface area contributed by atoms with Crippen LogP contribution in [-0.4, -0.2) is 44.6 Å². The second-order valence-corrected chi connectivity index (χ2v) is 6.68. The zero-order valence-corrected chi connectivity index (χ0v) is 11.4. The first-order valence-electron chi connectivity index (χ1n) is 6.01. The molecule has 0 aromatic rings. The Morgan fingerprint density at radius 2 is 2.06 bits per heavy atom. The first kappa shape index (κ1) is 14.4. The molecule has 5 nitrogen and oxygen atoms in total. The molecule has 0 bridgehead atoms. The quantitative estimate of drug-likeness (QED) is 0.747. The van der Waals surface area contributed by atoms with E-state index in [9.17, 15) is 13.2 Å². The zero-order valence-electron chi connectivity index (χ0n) is 10.6. The number of esters is 1. The summed E-state index contributed by atoms with van der Waals surface area (Å²) < 4.78 is 28.8. The van der Waals surface area contributed by atoms with Crippen molar-refractivity contribution in [1.82, 2.24) is 5.32 Å². The van der Waals surface area contributed by atoms with Crippen LogP contribution in [0.2, 0.25) is 0 Å². The first-order valence-corrected chi connectivity index (χ1v) is 7.73. The minimum Gasteiger partial charge on any atom is -0.468 e. The van der Waals surface area contributed by atoms with E-state index in [1.165, 1.54) is 7.11 Å². The van der Waals surface area contributed by atoms with Crippen LogP contribution in [0.1, 0.15) is 33.1 Å². The van der Waals surface area contributed by atoms with Gasteiger partial charge in [0.05, 0.1) is 18.1 Å². The van der Waals surface area contributed by atoms with Gasteiger partial charge in [-0.2, -0.15) is 0 Å². The van der Waals surface area contributed by atoms with Crippen molar-refractivity contribution in [2.75, 3.05) is 12.9 Å². The lowest BCUT2D eigenvalue weighted by atomic mass is 10.0. The van der Waals surface area contributed by atoms with Crippen LogP contribution < -0.4 is 5.32 Å². The molecule has 100 valence electrons. The molecule has 0 aromatic carbocycles. The van der Waals surface area contributed by atoms with E-state index in [2.05, 4.69) is 10.1 Å². The first-order chi connectivity index (χ1) is 7.96. The predicted molar refractivity (Wildman–Crippen MR) is 65.5 cm³/mol. The maximum Gasteiger partial charge on any atom is 0.323 e. The molecular weight excluding hydrogens is 242 g/mol. The SMILES string of the molecule is CCCC1NC(C(=O)OC)CS(=O)(=O)C1CC. The molecule has 3 unspecified atom stereocenters. The summed E-state index contributed by atoms with van der Waals surface area (Å²) in [5.41, 5.74) is 0. The lowest BCUT2D eigenvalue weighted by Crippen LogP contribution is -2.60. The molecule has 0 radical (unpaired) electrons. The maximum absolute atomic E-state index is 12.1. The number of ether oxygens (including phenoxy) is 1. The molecule has 1 N–H and O–H groups in total. The van der Waals surface area contributed by atoms with Crippen molar-refractivity contribution < 1.29 is 17.9 Å². The second-order valence-electron chi connectivity index (χ2n) is 4.41. The van der Waals surface area contributed by atoms with E-state index in [4.69, 9.17) is 0 Å². The van der Waals surface area contributed by atoms with Crippen LogP contribution in [0.5, 0.6) is 0 Å². The number of methoxy groups -OCH3 is 1. The van der Waals surface area contributed by atoms with Crippen LogP contribution in [0, 0.1) is 0 Å². The lowest BCUT2D eigenvalue weighted by molar-refractivity contribution is -0.142. The van der Waals surface area contributed by atoms with Crippen LogP contribution in [-0.2, 0) is 19.4 Å². The Morgan fingerprint density at radius 3 is 2.53 bits per heavy atom. The van der Waals surface area contributed by atoms with Gasteiger partial charge in [0.1, 0.15) is 6.04 Å². The molecule has 1 aliphatic rings. The Labute approximate surface area is 103 Å². The average Bonchev–Trinajstić information content (AvgIpc) is 2.27. The fraction of sp³-hybridized carbons (Fsp3) is 0.909. The van der Waals surface area contributed by atoms with Crippen molar-refractivity contribution in [3.05, 3.63) is 0 Å². The number of carbonyl (C=O) groups excluding carboxylic acids is 1. The highest BCUT2D eigenvalue weighted by Gasteiger charge is 2.42. The van der Waals surface area contributed by atoms with Crippen molar-refractivity contribution in [2.24, 2.45) is 0 Å². The molecule has 0 amide bonds. The Bertz CT molecular complexity index is 366. The third-order valence-electron chi connectivity index (χ3n) is 3.21. The predicted octanol–water partition coefficient (Wildman–Crippen LogP) is 0.493. The van der Waals surface area contributed by atoms with Gasteiger partial charge in [0.15, 0.2) is 9.84 Å². The van der Waals surface area contributed by atoms with Crippen LogP contribution in [0.15, 0.2) is 0 Å². The van der Waals surface area contributed by atoms with Crippen molar-refractivity contribution in [1.29, 1.82) is 0 Å². The maximum atomic E-state index is 12.1. The molecule has 1 saturated heterocycles. The summed E-state index contributed by atoms with van der Waals surface area (Å²) in [6.07, 6.45) is 2.22. The van der Waals surface area contributed by atoms with E-state index in [1.807, 2.05) is 13.8 Å². The number of hydrogen-bond donors (Lipinski definition) is 1. The fourth-order valence-electron chi connectivity index (χ4n) is 2.42. The highest BCUT2D eigenvalue weighted by atomic mass is 32.2. The van der Waals surface area contributed by atoms with Gasteiger partial charge in [0, 0.05) is 6.04 Å². The smallest absolute Gasteiger partial charge is 0.323 e. The third-order valence-corrected chi connectivity index (χ3v) is 5.59. The van der Waals surface area contributed by atoms with Gasteiger partial charge in [-0.25, -0.2) is 8.42 Å². The van der Waals surface area contributed by atoms with Crippen molar-refractivity contribution in [3.8, 4) is 0 Å². The fourth-order valence-corrected chi connectivity index (χ4v) is 4.58. The van der Waals surface area contributed by atoms with Crippen LogP contribution in [0.4, 0.5) is 0 Å². The largest absolute Gasteiger partial charge is 0.468 e. The molecule has 0 saturated carbocycles. The van der Waals surface area contributed by atoms with Crippen LogP contribution >= 0.6 is 0 Å². The highest BCUT2D eigenvalue weighted by Crippen LogP contribution is 2.22. The van der Waals surface area contributed by atoms with Crippen molar-refractivity contribution >= 4 is 15.8 Å². The van der Waals surface area contributed by atoms with E-state index in [0.29, 0.717) is 6.42 Å². The summed E-state index contributed by atoms with van der Waals surface area (Å²) in [5, 5.41) is 2.72. The summed E-state index contributed by atoms with van der Waals surface area (Å²) in [5.74, 6) is -0.650. The Kier molecular flexibility index (Phi) is 4.94. The highest BCUT2D eigenvalue weighted by molar-refractivity contribution is 7.92. The molecule has 0 aliphatic carbocycles. The summed E-state index contributed by atoms with van der Waals surface area (Å²) in [4.78, 5) is 11.5. The molecule has 0 spiro atoms. The van der Waals surface area contributed by atoms with E-state index >= 15 is 0 Å². The van der Waals surface area contributed by atoms with Gasteiger partial charge in [0.2, 0.25) is 0 Å². The average molecular weight is 263 g/mol. The number of hydrogen-bond acceptors (Lipinski definition) is 5. The Morgan fingerprint density at radius 1 is 1.41 bits per heavy atom. The summed E-state index contributed by atoms with van der Waals surface area (Å²) in [6.45, 7) is 3.87. The zero-order chi connectivity index (χ0) is 13.1. The molecule has 3 atom stereocenters. The van der Waals surface area contributed by atoms with Crippen LogP contribution in [0.25, 0.3) is 0 Å². The molecule has 1 rings (SSSR count). The number of sulfone groups is 1. The molecule has 17 heavy (non-hydrogen) atoms. The molecule has 1 heterocycles. The van der Waals surface area contributed by atoms with Gasteiger partial charge in [-0.15, -0.1) is 0 Å². The van der Waals surface area contributed by atoms with E-state index in [1.54, 1.807) is 0 Å². The topological polar surface area (TPSA) is 72.5 Å². The summed E-state index contributed by atoms with van der Waals surface area (Å²) >= 11 is 0. The molecule has 1 fully saturated rings. The molecular formula is C11H21NO4S. The summed E-state index contributed by atoms with van der Waals surface area (Å²) in [6, 6.07) is -0.864. The van der Waals surface area contributed by atoms with Gasteiger partial charge in [-0.3, -0.25) is 10.1 Å². The van der Waals surface area contributed by atoms with Gasteiger partial charge in [0.25, 0.3) is 0 Å². The number of rotatable bonds is 4. The third kappa shape index (κ3) is 3.19. The van der Waals surface area contributed by atoms with E-state index in [0.717, 1.165) is 12.8 Å². The number of nitrogens with one attached hydrogen (secondary N) is 1. The van der Waals surface area contributed by atoms with E-state index in [-0.39, 0.29) is 17.0 Å². The number of carbonyl (C=O) groups is 1. The standard InChI is InChI=1S/C11H21NO4S/c1-4-6-8-10(5-2)17(14,15)7-9(12-8)11(13)16-3/h8-10,12H,4-7H2,1-3H3. The van der Waals surface area contributed by atoms with Gasteiger partial charge in [-0.1, -0.05) is 20.3 Å². The molecule has 0 aromatic heterocycles. The normalized spacial score (nSPS) is 32.1. The Balaban J connectivity index is 2.92.